The first-order chi connectivity index (χ1) is 10.0. The molecule has 0 aromatic carbocycles. The highest BCUT2D eigenvalue weighted by Crippen LogP contribution is 2.18. The van der Waals surface area contributed by atoms with Gasteiger partial charge in [-0.3, -0.25) is 4.68 Å². The second-order valence-electron chi connectivity index (χ2n) is 4.99. The lowest BCUT2D eigenvalue weighted by Crippen LogP contribution is -2.30. The molecule has 21 heavy (non-hydrogen) atoms. The number of rotatable bonds is 7. The molecule has 0 radical (unpaired) electrons. The first kappa shape index (κ1) is 15.9. The molecule has 116 valence electrons. The molecular weight excluding hydrogens is 294 g/mol. The quantitative estimate of drug-likeness (QED) is 0.840. The zero-order valence-corrected chi connectivity index (χ0v) is 13.4. The standard InChI is InChI=1S/C13H20ClN5O2/c1-8(6-19-10(3)13(14)9(2)17-19)15-5-12-16-11(7-20-4)18-21-12/h8,15H,5-7H2,1-4H3/t8-/m0/s1. The van der Waals surface area contributed by atoms with Crippen LogP contribution in [0.4, 0.5) is 0 Å². The summed E-state index contributed by atoms with van der Waals surface area (Å²) in [5.41, 5.74) is 1.82. The summed E-state index contributed by atoms with van der Waals surface area (Å²) in [6.07, 6.45) is 0. The molecule has 1 N–H and O–H groups in total. The van der Waals surface area contributed by atoms with Gasteiger partial charge >= 0.3 is 0 Å². The summed E-state index contributed by atoms with van der Waals surface area (Å²) >= 11 is 6.14. The van der Waals surface area contributed by atoms with Crippen molar-refractivity contribution in [3.8, 4) is 0 Å². The molecule has 0 unspecified atom stereocenters. The van der Waals surface area contributed by atoms with E-state index in [1.807, 2.05) is 18.5 Å². The van der Waals surface area contributed by atoms with Crippen LogP contribution in [0.2, 0.25) is 5.02 Å². The van der Waals surface area contributed by atoms with Crippen LogP contribution in [0.5, 0.6) is 0 Å². The fourth-order valence-corrected chi connectivity index (χ4v) is 2.12. The number of hydrogen-bond donors (Lipinski definition) is 1. The number of halogens is 1. The number of nitrogens with one attached hydrogen (secondary N) is 1. The second-order valence-corrected chi connectivity index (χ2v) is 5.36. The normalized spacial score (nSPS) is 12.8. The summed E-state index contributed by atoms with van der Waals surface area (Å²) in [5, 5.41) is 12.3. The summed E-state index contributed by atoms with van der Waals surface area (Å²) < 4.78 is 12.0. The average molecular weight is 314 g/mol. The van der Waals surface area contributed by atoms with Gasteiger partial charge in [-0.1, -0.05) is 16.8 Å². The summed E-state index contributed by atoms with van der Waals surface area (Å²) in [7, 11) is 1.59. The highest BCUT2D eigenvalue weighted by Gasteiger charge is 2.13. The van der Waals surface area contributed by atoms with E-state index >= 15 is 0 Å². The molecule has 0 aliphatic rings. The Morgan fingerprint density at radius 3 is 2.81 bits per heavy atom. The Morgan fingerprint density at radius 2 is 2.19 bits per heavy atom. The van der Waals surface area contributed by atoms with Gasteiger partial charge < -0.3 is 14.6 Å². The molecule has 0 saturated carbocycles. The Hall–Kier alpha value is -1.44. The fourth-order valence-electron chi connectivity index (χ4n) is 1.99. The third-order valence-corrected chi connectivity index (χ3v) is 3.67. The molecule has 7 nitrogen and oxygen atoms in total. The Morgan fingerprint density at radius 1 is 1.43 bits per heavy atom. The summed E-state index contributed by atoms with van der Waals surface area (Å²) in [4.78, 5) is 4.21. The van der Waals surface area contributed by atoms with Gasteiger partial charge in [-0.2, -0.15) is 10.1 Å². The first-order valence-corrected chi connectivity index (χ1v) is 7.12. The summed E-state index contributed by atoms with van der Waals surface area (Å²) in [5.74, 6) is 1.09. The molecular formula is C13H20ClN5O2. The van der Waals surface area contributed by atoms with Crippen molar-refractivity contribution in [3.05, 3.63) is 28.1 Å². The highest BCUT2D eigenvalue weighted by atomic mass is 35.5. The summed E-state index contributed by atoms with van der Waals surface area (Å²) in [6.45, 7) is 7.51. The van der Waals surface area contributed by atoms with Crippen molar-refractivity contribution in [2.45, 2.75) is 46.5 Å². The van der Waals surface area contributed by atoms with Crippen LogP contribution in [-0.2, 0) is 24.4 Å². The number of nitrogens with zero attached hydrogens (tertiary/aromatic N) is 4. The Labute approximate surface area is 128 Å². The predicted molar refractivity (Wildman–Crippen MR) is 78.0 cm³/mol. The lowest BCUT2D eigenvalue weighted by Gasteiger charge is -2.13. The third-order valence-electron chi connectivity index (χ3n) is 3.13. The molecule has 0 spiro atoms. The molecule has 2 aromatic heterocycles. The first-order valence-electron chi connectivity index (χ1n) is 6.74. The Bertz CT molecular complexity index is 595. The fraction of sp³-hybridized carbons (Fsp3) is 0.615. The van der Waals surface area contributed by atoms with Gasteiger partial charge in [0.15, 0.2) is 5.82 Å². The van der Waals surface area contributed by atoms with Crippen molar-refractivity contribution in [3.63, 3.8) is 0 Å². The molecule has 0 amide bonds. The van der Waals surface area contributed by atoms with E-state index in [2.05, 4.69) is 27.5 Å². The molecule has 8 heteroatoms. The van der Waals surface area contributed by atoms with Crippen LogP contribution in [-0.4, -0.2) is 33.1 Å². The molecule has 1 atom stereocenters. The van der Waals surface area contributed by atoms with Crippen LogP contribution in [0.15, 0.2) is 4.52 Å². The third kappa shape index (κ3) is 4.03. The van der Waals surface area contributed by atoms with E-state index < -0.39 is 0 Å². The van der Waals surface area contributed by atoms with Gasteiger partial charge in [-0.25, -0.2) is 0 Å². The van der Waals surface area contributed by atoms with E-state index in [-0.39, 0.29) is 6.04 Å². The van der Waals surface area contributed by atoms with Crippen LogP contribution in [0, 0.1) is 13.8 Å². The number of methoxy groups -OCH3 is 1. The van der Waals surface area contributed by atoms with Crippen molar-refractivity contribution >= 4 is 11.6 Å². The van der Waals surface area contributed by atoms with Crippen molar-refractivity contribution in [1.82, 2.24) is 25.2 Å². The number of aromatic nitrogens is 4. The van der Waals surface area contributed by atoms with Gasteiger partial charge in [0.05, 0.1) is 29.5 Å². The molecule has 0 fully saturated rings. The van der Waals surface area contributed by atoms with Crippen LogP contribution in [0.1, 0.15) is 30.0 Å². The van der Waals surface area contributed by atoms with E-state index in [1.54, 1.807) is 7.11 Å². The number of aryl methyl sites for hydroxylation is 1. The van der Waals surface area contributed by atoms with Gasteiger partial charge in [-0.15, -0.1) is 0 Å². The van der Waals surface area contributed by atoms with Gasteiger partial charge in [0.2, 0.25) is 5.89 Å². The van der Waals surface area contributed by atoms with E-state index in [9.17, 15) is 0 Å². The zero-order valence-electron chi connectivity index (χ0n) is 12.7. The van der Waals surface area contributed by atoms with Gasteiger partial charge in [0.25, 0.3) is 0 Å². The lowest BCUT2D eigenvalue weighted by molar-refractivity contribution is 0.174. The monoisotopic (exact) mass is 313 g/mol. The summed E-state index contributed by atoms with van der Waals surface area (Å²) in [6, 6.07) is 0.192. The molecule has 2 aromatic rings. The minimum absolute atomic E-state index is 0.192. The second kappa shape index (κ2) is 7.02. The Balaban J connectivity index is 1.86. The van der Waals surface area contributed by atoms with E-state index in [0.717, 1.165) is 23.0 Å². The molecule has 2 heterocycles. The van der Waals surface area contributed by atoms with Crippen LogP contribution >= 0.6 is 11.6 Å². The van der Waals surface area contributed by atoms with E-state index in [4.69, 9.17) is 20.9 Å². The van der Waals surface area contributed by atoms with Crippen molar-refractivity contribution < 1.29 is 9.26 Å². The van der Waals surface area contributed by atoms with Crippen molar-refractivity contribution in [2.75, 3.05) is 7.11 Å². The largest absolute Gasteiger partial charge is 0.377 e. The van der Waals surface area contributed by atoms with Crippen molar-refractivity contribution in [2.24, 2.45) is 0 Å². The predicted octanol–water partition coefficient (Wildman–Crippen LogP) is 1.86. The highest BCUT2D eigenvalue weighted by molar-refractivity contribution is 6.31. The molecule has 0 saturated heterocycles. The van der Waals surface area contributed by atoms with Gasteiger partial charge in [0.1, 0.15) is 6.61 Å². The SMILES string of the molecule is COCc1noc(CN[C@@H](C)Cn2nc(C)c(Cl)c2C)n1. The molecule has 2 rings (SSSR count). The van der Waals surface area contributed by atoms with Crippen molar-refractivity contribution in [1.29, 1.82) is 0 Å². The molecule has 0 aliphatic heterocycles. The average Bonchev–Trinajstić information content (AvgIpc) is 2.99. The maximum absolute atomic E-state index is 6.14. The van der Waals surface area contributed by atoms with E-state index in [0.29, 0.717) is 24.9 Å². The molecule has 0 bridgehead atoms. The number of hydrogen-bond acceptors (Lipinski definition) is 6. The van der Waals surface area contributed by atoms with Crippen LogP contribution in [0.3, 0.4) is 0 Å². The minimum atomic E-state index is 0.192. The number of ether oxygens (including phenoxy) is 1. The Kier molecular flexibility index (Phi) is 5.33. The van der Waals surface area contributed by atoms with Gasteiger partial charge in [0, 0.05) is 13.2 Å². The smallest absolute Gasteiger partial charge is 0.240 e. The van der Waals surface area contributed by atoms with Gasteiger partial charge in [-0.05, 0) is 20.8 Å². The van der Waals surface area contributed by atoms with Crippen LogP contribution < -0.4 is 5.32 Å². The van der Waals surface area contributed by atoms with Crippen LogP contribution in [0.25, 0.3) is 0 Å². The zero-order chi connectivity index (χ0) is 15.4. The molecule has 0 aliphatic carbocycles. The maximum atomic E-state index is 6.14. The van der Waals surface area contributed by atoms with E-state index in [1.165, 1.54) is 0 Å². The maximum Gasteiger partial charge on any atom is 0.240 e. The lowest BCUT2D eigenvalue weighted by atomic mass is 10.3. The topological polar surface area (TPSA) is 78.0 Å². The minimum Gasteiger partial charge on any atom is -0.377 e.